The number of sulfonamides is 1. The van der Waals surface area contributed by atoms with E-state index in [0.29, 0.717) is 22.6 Å². The van der Waals surface area contributed by atoms with Crippen LogP contribution in [0.5, 0.6) is 0 Å². The quantitative estimate of drug-likeness (QED) is 0.808. The molecule has 0 N–H and O–H groups in total. The van der Waals surface area contributed by atoms with Gasteiger partial charge >= 0.3 is 0 Å². The minimum absolute atomic E-state index is 0.196. The van der Waals surface area contributed by atoms with Gasteiger partial charge in [0, 0.05) is 12.6 Å². The molecule has 0 saturated carbocycles. The van der Waals surface area contributed by atoms with Crippen molar-refractivity contribution in [2.24, 2.45) is 4.40 Å². The third kappa shape index (κ3) is 2.08. The average Bonchev–Trinajstić information content (AvgIpc) is 2.79. The van der Waals surface area contributed by atoms with Crippen LogP contribution in [0, 0.1) is 11.3 Å². The summed E-state index contributed by atoms with van der Waals surface area (Å²) in [5.74, 6) is 0.327. The van der Waals surface area contributed by atoms with Crippen molar-refractivity contribution in [2.75, 3.05) is 11.9 Å². The van der Waals surface area contributed by atoms with Crippen molar-refractivity contribution in [2.45, 2.75) is 4.90 Å². The molecule has 21 heavy (non-hydrogen) atoms. The number of benzene rings is 2. The summed E-state index contributed by atoms with van der Waals surface area (Å²) >= 11 is 0. The molecule has 0 radical (unpaired) electrons. The normalized spacial score (nSPS) is 15.0. The van der Waals surface area contributed by atoms with Gasteiger partial charge in [-0.25, -0.2) is 0 Å². The molecular weight excluding hydrogens is 286 g/mol. The number of fused-ring (bicyclic) bond motifs is 1. The Labute approximate surface area is 122 Å². The summed E-state index contributed by atoms with van der Waals surface area (Å²) in [6, 6.07) is 15.8. The van der Waals surface area contributed by atoms with Crippen molar-refractivity contribution < 1.29 is 8.42 Å². The van der Waals surface area contributed by atoms with E-state index >= 15 is 0 Å². The van der Waals surface area contributed by atoms with Crippen LogP contribution in [0.25, 0.3) is 0 Å². The van der Waals surface area contributed by atoms with Crippen LogP contribution in [0.3, 0.4) is 0 Å². The van der Waals surface area contributed by atoms with Crippen LogP contribution >= 0.6 is 0 Å². The number of nitrogens with zero attached hydrogens (tertiary/aromatic N) is 3. The Balaban J connectivity index is 2.17. The molecule has 2 aromatic carbocycles. The van der Waals surface area contributed by atoms with E-state index in [9.17, 15) is 13.7 Å². The number of anilines is 1. The second-order valence-electron chi connectivity index (χ2n) is 4.57. The van der Waals surface area contributed by atoms with E-state index in [0.717, 1.165) is 0 Å². The molecule has 0 amide bonds. The zero-order valence-corrected chi connectivity index (χ0v) is 12.0. The molecule has 0 spiro atoms. The largest absolute Gasteiger partial charge is 0.327 e. The van der Waals surface area contributed by atoms with Crippen LogP contribution in [0.4, 0.5) is 5.69 Å². The lowest BCUT2D eigenvalue weighted by molar-refractivity contribution is 0.599. The number of amidine groups is 1. The minimum Gasteiger partial charge on any atom is -0.327 e. The van der Waals surface area contributed by atoms with Crippen LogP contribution in [-0.2, 0) is 10.0 Å². The highest BCUT2D eigenvalue weighted by Gasteiger charge is 2.31. The maximum Gasteiger partial charge on any atom is 0.285 e. The van der Waals surface area contributed by atoms with E-state index in [1.807, 2.05) is 0 Å². The maximum atomic E-state index is 12.1. The molecule has 0 aliphatic carbocycles. The third-order valence-corrected chi connectivity index (χ3v) is 4.64. The lowest BCUT2D eigenvalue weighted by Gasteiger charge is -2.20. The predicted octanol–water partition coefficient (Wildman–Crippen LogP) is 2.14. The van der Waals surface area contributed by atoms with Gasteiger partial charge in [0.15, 0.2) is 5.84 Å². The van der Waals surface area contributed by atoms with Gasteiger partial charge in [-0.05, 0) is 24.3 Å². The Morgan fingerprint density at radius 1 is 1.10 bits per heavy atom. The third-order valence-electron chi connectivity index (χ3n) is 3.32. The standard InChI is InChI=1S/C15H11N3O2S/c1-18(13-8-4-2-6-11(13)10-16)15-12-7-3-5-9-14(12)21(19,20)17-15/h2-9H,1H3. The van der Waals surface area contributed by atoms with Gasteiger partial charge in [0.25, 0.3) is 10.0 Å². The van der Waals surface area contributed by atoms with Gasteiger partial charge in [-0.2, -0.15) is 13.7 Å². The van der Waals surface area contributed by atoms with Crippen LogP contribution in [0.15, 0.2) is 57.8 Å². The molecule has 3 rings (SSSR count). The van der Waals surface area contributed by atoms with Gasteiger partial charge in [-0.1, -0.05) is 24.3 Å². The number of para-hydroxylation sites is 1. The summed E-state index contributed by atoms with van der Waals surface area (Å²) in [5.41, 5.74) is 1.63. The van der Waals surface area contributed by atoms with Gasteiger partial charge < -0.3 is 4.90 Å². The summed E-state index contributed by atoms with van der Waals surface area (Å²) < 4.78 is 28.0. The Hall–Kier alpha value is -2.65. The summed E-state index contributed by atoms with van der Waals surface area (Å²) in [7, 11) is -1.96. The minimum atomic E-state index is -3.66. The van der Waals surface area contributed by atoms with Crippen molar-refractivity contribution in [1.82, 2.24) is 0 Å². The lowest BCUT2D eigenvalue weighted by atomic mass is 10.1. The van der Waals surface area contributed by atoms with Gasteiger partial charge in [-0.3, -0.25) is 0 Å². The molecule has 2 aromatic rings. The van der Waals surface area contributed by atoms with E-state index in [-0.39, 0.29) is 4.90 Å². The first kappa shape index (κ1) is 13.3. The molecule has 0 fully saturated rings. The zero-order valence-electron chi connectivity index (χ0n) is 11.2. The lowest BCUT2D eigenvalue weighted by Crippen LogP contribution is -2.26. The van der Waals surface area contributed by atoms with E-state index in [2.05, 4.69) is 10.5 Å². The molecule has 0 aromatic heterocycles. The average molecular weight is 297 g/mol. The van der Waals surface area contributed by atoms with Gasteiger partial charge in [0.1, 0.15) is 11.0 Å². The Kier molecular flexibility index (Phi) is 3.00. The fourth-order valence-corrected chi connectivity index (χ4v) is 3.54. The Morgan fingerprint density at radius 3 is 2.52 bits per heavy atom. The highest BCUT2D eigenvalue weighted by atomic mass is 32.2. The molecule has 0 bridgehead atoms. The molecule has 6 heteroatoms. The predicted molar refractivity (Wildman–Crippen MR) is 79.7 cm³/mol. The summed E-state index contributed by atoms with van der Waals surface area (Å²) in [6.45, 7) is 0. The SMILES string of the molecule is CN(C1=NS(=O)(=O)c2ccccc21)c1ccccc1C#N. The van der Waals surface area contributed by atoms with E-state index in [1.54, 1.807) is 54.4 Å². The Morgan fingerprint density at radius 2 is 1.76 bits per heavy atom. The fourth-order valence-electron chi connectivity index (χ4n) is 2.31. The maximum absolute atomic E-state index is 12.1. The monoisotopic (exact) mass is 297 g/mol. The molecule has 0 unspecified atom stereocenters. The molecular formula is C15H11N3O2S. The second-order valence-corrected chi connectivity index (χ2v) is 6.15. The topological polar surface area (TPSA) is 73.5 Å². The number of rotatable bonds is 1. The van der Waals surface area contributed by atoms with Crippen molar-refractivity contribution in [3.63, 3.8) is 0 Å². The first-order chi connectivity index (χ1) is 10.0. The summed E-state index contributed by atoms with van der Waals surface area (Å²) in [6.07, 6.45) is 0. The zero-order chi connectivity index (χ0) is 15.0. The molecule has 1 aliphatic heterocycles. The smallest absolute Gasteiger partial charge is 0.285 e. The Bertz CT molecular complexity index is 895. The summed E-state index contributed by atoms with van der Waals surface area (Å²) in [4.78, 5) is 1.82. The van der Waals surface area contributed by atoms with Crippen LogP contribution in [0.2, 0.25) is 0 Å². The van der Waals surface area contributed by atoms with E-state index in [4.69, 9.17) is 0 Å². The molecule has 1 aliphatic rings. The van der Waals surface area contributed by atoms with Crippen LogP contribution < -0.4 is 4.90 Å². The van der Waals surface area contributed by atoms with E-state index < -0.39 is 10.0 Å². The number of hydrogen-bond donors (Lipinski definition) is 0. The molecule has 0 atom stereocenters. The summed E-state index contributed by atoms with van der Waals surface area (Å²) in [5, 5.41) is 9.17. The highest BCUT2D eigenvalue weighted by molar-refractivity contribution is 7.90. The number of hydrogen-bond acceptors (Lipinski definition) is 4. The van der Waals surface area contributed by atoms with Crippen LogP contribution in [-0.4, -0.2) is 21.3 Å². The van der Waals surface area contributed by atoms with Gasteiger partial charge in [0.2, 0.25) is 0 Å². The van der Waals surface area contributed by atoms with Crippen molar-refractivity contribution in [3.8, 4) is 6.07 Å². The molecule has 1 heterocycles. The van der Waals surface area contributed by atoms with Crippen molar-refractivity contribution in [3.05, 3.63) is 59.7 Å². The van der Waals surface area contributed by atoms with Crippen molar-refractivity contribution >= 4 is 21.5 Å². The first-order valence-corrected chi connectivity index (χ1v) is 7.66. The van der Waals surface area contributed by atoms with Gasteiger partial charge in [-0.15, -0.1) is 4.40 Å². The van der Waals surface area contributed by atoms with E-state index in [1.165, 1.54) is 6.07 Å². The fraction of sp³-hybridized carbons (Fsp3) is 0.0667. The first-order valence-electron chi connectivity index (χ1n) is 6.22. The second kappa shape index (κ2) is 4.72. The van der Waals surface area contributed by atoms with Crippen molar-refractivity contribution in [1.29, 1.82) is 5.26 Å². The highest BCUT2D eigenvalue weighted by Crippen LogP contribution is 2.30. The van der Waals surface area contributed by atoms with Gasteiger partial charge in [0.05, 0.1) is 11.3 Å². The molecule has 104 valence electrons. The molecule has 0 saturated heterocycles. The molecule has 5 nitrogen and oxygen atoms in total. The number of nitriles is 1. The van der Waals surface area contributed by atoms with Crippen LogP contribution in [0.1, 0.15) is 11.1 Å².